The van der Waals surface area contributed by atoms with Crippen LogP contribution in [0.5, 0.6) is 23.0 Å². The molecule has 42 heavy (non-hydrogen) atoms. The molecule has 1 N–H and O–H groups in total. The van der Waals surface area contributed by atoms with Gasteiger partial charge in [0.15, 0.2) is 17.2 Å². The van der Waals surface area contributed by atoms with Crippen LogP contribution in [-0.4, -0.2) is 9.13 Å². The van der Waals surface area contributed by atoms with E-state index in [9.17, 15) is 0 Å². The van der Waals surface area contributed by atoms with Gasteiger partial charge >= 0.3 is 0 Å². The van der Waals surface area contributed by atoms with Gasteiger partial charge in [0, 0.05) is 75.3 Å². The number of nitrogens with zero attached hydrogens (tertiary/aromatic N) is 2. The summed E-state index contributed by atoms with van der Waals surface area (Å²) in [6, 6.07) is 25.6. The molecular formula is C35H25Cl2N3O2. The van der Waals surface area contributed by atoms with E-state index in [-0.39, 0.29) is 0 Å². The third-order valence-corrected chi connectivity index (χ3v) is 9.66. The van der Waals surface area contributed by atoms with Crippen LogP contribution in [0.2, 0.25) is 10.0 Å². The Hall–Kier alpha value is -4.32. The molecule has 0 radical (unpaired) electrons. The summed E-state index contributed by atoms with van der Waals surface area (Å²) in [6.45, 7) is 6.05. The smallest absolute Gasteiger partial charge is 0.171 e. The molecule has 0 fully saturated rings. The maximum Gasteiger partial charge on any atom is 0.171 e. The summed E-state index contributed by atoms with van der Waals surface area (Å²) in [6.07, 6.45) is 0.595. The molecule has 0 saturated carbocycles. The Balaban J connectivity index is 1.20. The molecule has 0 aliphatic carbocycles. The summed E-state index contributed by atoms with van der Waals surface area (Å²) in [7, 11) is 0. The number of para-hydroxylation sites is 2. The van der Waals surface area contributed by atoms with Gasteiger partial charge in [-0.2, -0.15) is 0 Å². The van der Waals surface area contributed by atoms with Gasteiger partial charge in [-0.25, -0.2) is 0 Å². The Kier molecular flexibility index (Phi) is 4.98. The van der Waals surface area contributed by atoms with Gasteiger partial charge in [0.25, 0.3) is 0 Å². The summed E-state index contributed by atoms with van der Waals surface area (Å²) in [5.74, 6) is 2.63. The molecule has 4 heterocycles. The fraction of sp³-hybridized carbons (Fsp3) is 0.143. The maximum absolute atomic E-state index is 7.12. The van der Waals surface area contributed by atoms with Crippen molar-refractivity contribution < 1.29 is 9.47 Å². The number of fused-ring (bicyclic) bond motifs is 10. The zero-order valence-electron chi connectivity index (χ0n) is 23.0. The minimum absolute atomic E-state index is 0.466. The van der Waals surface area contributed by atoms with E-state index in [1.54, 1.807) is 0 Å². The molecule has 0 bridgehead atoms. The van der Waals surface area contributed by atoms with E-state index in [1.807, 2.05) is 0 Å². The van der Waals surface area contributed by atoms with Crippen molar-refractivity contribution in [3.63, 3.8) is 0 Å². The molecule has 2 aromatic heterocycles. The number of aromatic nitrogens is 2. The number of nitrogens with one attached hydrogen (secondary N) is 1. The van der Waals surface area contributed by atoms with Crippen molar-refractivity contribution >= 4 is 78.2 Å². The molecular weight excluding hydrogens is 565 g/mol. The molecule has 2 aliphatic heterocycles. The van der Waals surface area contributed by atoms with Crippen molar-refractivity contribution in [2.75, 3.05) is 5.32 Å². The van der Waals surface area contributed by atoms with E-state index in [4.69, 9.17) is 32.7 Å². The molecule has 9 rings (SSSR count). The van der Waals surface area contributed by atoms with Crippen molar-refractivity contribution in [2.45, 2.75) is 33.4 Å². The zero-order valence-corrected chi connectivity index (χ0v) is 24.5. The minimum Gasteiger partial charge on any atom is -0.455 e. The molecule has 0 atom stereocenters. The standard InChI is InChI=1S/C35H25Cl2N3O2/c1-3-39-25-11-7-5-9-19(25)21-13-18-14-23-31(36)35-33(32(37)34(23)41-29(18)16-27(21)39)38-24-15-22-20-10-6-8-12-26(20)40(4-2)28(22)17-30(24)42-35/h5-13,15-17,38H,3-4,14H2,1-2H3. The summed E-state index contributed by atoms with van der Waals surface area (Å²) in [5.41, 5.74) is 8.06. The number of aryl methyl sites for hydroxylation is 2. The highest BCUT2D eigenvalue weighted by Gasteiger charge is 2.33. The van der Waals surface area contributed by atoms with E-state index in [1.165, 1.54) is 27.2 Å². The topological polar surface area (TPSA) is 40.4 Å². The third kappa shape index (κ3) is 3.10. The van der Waals surface area contributed by atoms with Gasteiger partial charge < -0.3 is 23.9 Å². The number of hydrogen-bond donors (Lipinski definition) is 1. The zero-order chi connectivity index (χ0) is 28.3. The molecule has 206 valence electrons. The molecule has 5 nitrogen and oxygen atoms in total. The Morgan fingerprint density at radius 3 is 1.93 bits per heavy atom. The average molecular weight is 591 g/mol. The highest BCUT2D eigenvalue weighted by molar-refractivity contribution is 6.39. The van der Waals surface area contributed by atoms with Gasteiger partial charge in [-0.15, -0.1) is 0 Å². The quantitative estimate of drug-likeness (QED) is 0.218. The number of ether oxygens (including phenoxy) is 2. The van der Waals surface area contributed by atoms with Gasteiger partial charge in [-0.3, -0.25) is 0 Å². The summed E-state index contributed by atoms with van der Waals surface area (Å²) in [4.78, 5) is 0. The number of benzene rings is 5. The van der Waals surface area contributed by atoms with Gasteiger partial charge in [-0.05, 0) is 38.1 Å². The van der Waals surface area contributed by atoms with Gasteiger partial charge in [0.05, 0.1) is 21.7 Å². The van der Waals surface area contributed by atoms with E-state index in [2.05, 4.69) is 101 Å². The SMILES string of the molecule is CCn1c2ccccc2c2cc3c(cc21)Oc1c(Cl)c2c(c(Cl)c1C3)Oc1cc3c(cc1N2)c1ccccc1n3CC. The first kappa shape index (κ1) is 24.3. The van der Waals surface area contributed by atoms with Crippen molar-refractivity contribution in [1.82, 2.24) is 9.13 Å². The minimum atomic E-state index is 0.466. The maximum atomic E-state index is 7.12. The van der Waals surface area contributed by atoms with Crippen molar-refractivity contribution in [3.8, 4) is 23.0 Å². The molecule has 0 unspecified atom stereocenters. The number of hydrogen-bond acceptors (Lipinski definition) is 3. The Morgan fingerprint density at radius 1 is 0.667 bits per heavy atom. The van der Waals surface area contributed by atoms with E-state index in [0.29, 0.717) is 33.7 Å². The molecule has 7 aromatic rings. The average Bonchev–Trinajstić information content (AvgIpc) is 3.50. The predicted octanol–water partition coefficient (Wildman–Crippen LogP) is 10.8. The monoisotopic (exact) mass is 589 g/mol. The second-order valence-corrected chi connectivity index (χ2v) is 11.8. The van der Waals surface area contributed by atoms with Crippen LogP contribution in [0.4, 0.5) is 11.4 Å². The van der Waals surface area contributed by atoms with Crippen LogP contribution < -0.4 is 14.8 Å². The van der Waals surface area contributed by atoms with Gasteiger partial charge in [0.2, 0.25) is 0 Å². The molecule has 7 heteroatoms. The Morgan fingerprint density at radius 2 is 1.26 bits per heavy atom. The lowest BCUT2D eigenvalue weighted by Gasteiger charge is -2.29. The first-order chi connectivity index (χ1) is 20.6. The van der Waals surface area contributed by atoms with E-state index < -0.39 is 0 Å². The molecule has 0 spiro atoms. The van der Waals surface area contributed by atoms with Gasteiger partial charge in [-0.1, -0.05) is 59.6 Å². The van der Waals surface area contributed by atoms with Crippen LogP contribution >= 0.6 is 23.2 Å². The molecule has 5 aromatic carbocycles. The van der Waals surface area contributed by atoms with Crippen molar-refractivity contribution in [3.05, 3.63) is 94.0 Å². The van der Waals surface area contributed by atoms with Crippen LogP contribution in [0.1, 0.15) is 25.0 Å². The first-order valence-electron chi connectivity index (χ1n) is 14.3. The number of anilines is 2. The second-order valence-electron chi connectivity index (χ2n) is 11.0. The summed E-state index contributed by atoms with van der Waals surface area (Å²) in [5, 5.41) is 9.32. The summed E-state index contributed by atoms with van der Waals surface area (Å²) >= 11 is 14.2. The lowest BCUT2D eigenvalue weighted by atomic mass is 9.97. The lowest BCUT2D eigenvalue weighted by Crippen LogP contribution is -2.10. The first-order valence-corrected chi connectivity index (χ1v) is 15.1. The largest absolute Gasteiger partial charge is 0.455 e. The van der Waals surface area contributed by atoms with Crippen LogP contribution in [0.25, 0.3) is 43.6 Å². The van der Waals surface area contributed by atoms with Gasteiger partial charge in [0.1, 0.15) is 16.5 Å². The third-order valence-electron chi connectivity index (χ3n) is 8.90. The lowest BCUT2D eigenvalue weighted by molar-refractivity contribution is 0.452. The normalized spacial score (nSPS) is 13.4. The molecule has 0 saturated heterocycles. The highest BCUT2D eigenvalue weighted by Crippen LogP contribution is 2.58. The van der Waals surface area contributed by atoms with Crippen molar-refractivity contribution in [2.24, 2.45) is 0 Å². The van der Waals surface area contributed by atoms with Crippen LogP contribution in [0, 0.1) is 0 Å². The Labute approximate surface area is 251 Å². The highest BCUT2D eigenvalue weighted by atomic mass is 35.5. The van der Waals surface area contributed by atoms with E-state index in [0.717, 1.165) is 57.8 Å². The Bertz CT molecular complexity index is 2150. The van der Waals surface area contributed by atoms with E-state index >= 15 is 0 Å². The van der Waals surface area contributed by atoms with Crippen LogP contribution in [0.15, 0.2) is 72.8 Å². The number of halogens is 2. The van der Waals surface area contributed by atoms with Crippen LogP contribution in [0.3, 0.4) is 0 Å². The fourth-order valence-corrected chi connectivity index (χ4v) is 7.57. The van der Waals surface area contributed by atoms with Crippen LogP contribution in [-0.2, 0) is 19.5 Å². The fourth-order valence-electron chi connectivity index (χ4n) is 7.00. The number of rotatable bonds is 2. The second kappa shape index (κ2) is 8.60. The summed E-state index contributed by atoms with van der Waals surface area (Å²) < 4.78 is 17.7. The predicted molar refractivity (Wildman–Crippen MR) is 173 cm³/mol. The van der Waals surface area contributed by atoms with Crippen molar-refractivity contribution in [1.29, 1.82) is 0 Å². The molecule has 0 amide bonds. The molecule has 2 aliphatic rings.